The van der Waals surface area contributed by atoms with Gasteiger partial charge in [-0.15, -0.1) is 0 Å². The van der Waals surface area contributed by atoms with Crippen LogP contribution in [0.5, 0.6) is 11.5 Å². The summed E-state index contributed by atoms with van der Waals surface area (Å²) in [5.41, 5.74) is 1.85. The molecule has 0 saturated carbocycles. The summed E-state index contributed by atoms with van der Waals surface area (Å²) < 4.78 is 35.4. The third kappa shape index (κ3) is 5.24. The molecule has 0 aromatic heterocycles. The van der Waals surface area contributed by atoms with E-state index in [0.717, 1.165) is 5.56 Å². The molecule has 0 spiro atoms. The van der Waals surface area contributed by atoms with Crippen LogP contribution in [0.3, 0.4) is 0 Å². The van der Waals surface area contributed by atoms with Crippen molar-refractivity contribution >= 4 is 22.2 Å². The van der Waals surface area contributed by atoms with E-state index in [4.69, 9.17) is 9.47 Å². The van der Waals surface area contributed by atoms with Crippen LogP contribution in [0.25, 0.3) is 0 Å². The molecule has 0 radical (unpaired) electrons. The molecule has 0 aliphatic heterocycles. The smallest absolute Gasteiger partial charge is 0.343 e. The lowest BCUT2D eigenvalue weighted by atomic mass is 10.2. The number of aryl methyl sites for hydroxylation is 1. The quantitative estimate of drug-likeness (QED) is 0.271. The number of hydrazone groups is 1. The number of nitrogens with one attached hydrogen (secondary N) is 1. The SMILES string of the molecule is COc1ccc(C)cc1S(=O)(=O)N/N=C/c1ccc(OC(=O)c2ccccc2)cc1. The van der Waals surface area contributed by atoms with Crippen LogP contribution in [-0.4, -0.2) is 27.7 Å². The minimum Gasteiger partial charge on any atom is -0.495 e. The van der Waals surface area contributed by atoms with Crippen LogP contribution in [-0.2, 0) is 10.0 Å². The van der Waals surface area contributed by atoms with Gasteiger partial charge in [-0.2, -0.15) is 18.4 Å². The minimum atomic E-state index is -3.89. The van der Waals surface area contributed by atoms with Gasteiger partial charge in [0.25, 0.3) is 10.0 Å². The number of carbonyl (C=O) groups is 1. The van der Waals surface area contributed by atoms with Crippen molar-refractivity contribution in [1.82, 2.24) is 4.83 Å². The summed E-state index contributed by atoms with van der Waals surface area (Å²) in [5.74, 6) is 0.135. The molecule has 30 heavy (non-hydrogen) atoms. The Hall–Kier alpha value is -3.65. The van der Waals surface area contributed by atoms with Crippen molar-refractivity contribution in [2.24, 2.45) is 5.10 Å². The zero-order chi connectivity index (χ0) is 21.6. The number of esters is 1. The molecule has 0 atom stereocenters. The van der Waals surface area contributed by atoms with E-state index in [1.54, 1.807) is 67.6 Å². The molecule has 0 unspecified atom stereocenters. The second kappa shape index (κ2) is 9.23. The lowest BCUT2D eigenvalue weighted by Gasteiger charge is -2.09. The zero-order valence-corrected chi connectivity index (χ0v) is 17.2. The third-order valence-electron chi connectivity index (χ3n) is 4.10. The number of carbonyl (C=O) groups excluding carboxylic acids is 1. The number of methoxy groups -OCH3 is 1. The molecule has 0 heterocycles. The van der Waals surface area contributed by atoms with Gasteiger partial charge in [-0.25, -0.2) is 4.79 Å². The average Bonchev–Trinajstić information content (AvgIpc) is 2.75. The van der Waals surface area contributed by atoms with Gasteiger partial charge in [0.15, 0.2) is 0 Å². The Balaban J connectivity index is 1.65. The van der Waals surface area contributed by atoms with Crippen molar-refractivity contribution in [3.05, 3.63) is 89.5 Å². The highest BCUT2D eigenvalue weighted by Crippen LogP contribution is 2.24. The van der Waals surface area contributed by atoms with Gasteiger partial charge >= 0.3 is 5.97 Å². The van der Waals surface area contributed by atoms with Crippen LogP contribution >= 0.6 is 0 Å². The van der Waals surface area contributed by atoms with E-state index in [2.05, 4.69) is 9.93 Å². The summed E-state index contributed by atoms with van der Waals surface area (Å²) in [6.07, 6.45) is 1.35. The van der Waals surface area contributed by atoms with Crippen LogP contribution in [0.15, 0.2) is 82.8 Å². The number of nitrogens with zero attached hydrogens (tertiary/aromatic N) is 1. The van der Waals surface area contributed by atoms with E-state index in [-0.39, 0.29) is 10.6 Å². The number of hydrogen-bond donors (Lipinski definition) is 1. The number of sulfonamides is 1. The van der Waals surface area contributed by atoms with Gasteiger partial charge in [-0.05, 0) is 66.6 Å². The summed E-state index contributed by atoms with van der Waals surface area (Å²) in [5, 5.41) is 3.81. The molecule has 0 aliphatic rings. The fraction of sp³-hybridized carbons (Fsp3) is 0.0909. The number of rotatable bonds is 7. The molecule has 154 valence electrons. The molecule has 3 aromatic rings. The van der Waals surface area contributed by atoms with Gasteiger partial charge in [-0.1, -0.05) is 24.3 Å². The highest BCUT2D eigenvalue weighted by molar-refractivity contribution is 7.89. The average molecular weight is 424 g/mol. The van der Waals surface area contributed by atoms with E-state index in [1.165, 1.54) is 19.4 Å². The van der Waals surface area contributed by atoms with E-state index in [9.17, 15) is 13.2 Å². The second-order valence-corrected chi connectivity index (χ2v) is 7.96. The molecule has 0 bridgehead atoms. The maximum absolute atomic E-state index is 12.5. The molecule has 0 fully saturated rings. The first-order valence-corrected chi connectivity index (χ1v) is 10.4. The molecular formula is C22H20N2O5S. The molecule has 8 heteroatoms. The Morgan fingerprint density at radius 1 is 1.00 bits per heavy atom. The topological polar surface area (TPSA) is 94.1 Å². The van der Waals surface area contributed by atoms with E-state index >= 15 is 0 Å². The monoisotopic (exact) mass is 424 g/mol. The van der Waals surface area contributed by atoms with Crippen LogP contribution < -0.4 is 14.3 Å². The molecule has 7 nitrogen and oxygen atoms in total. The van der Waals surface area contributed by atoms with E-state index in [0.29, 0.717) is 16.9 Å². The zero-order valence-electron chi connectivity index (χ0n) is 16.4. The molecule has 3 aromatic carbocycles. The van der Waals surface area contributed by atoms with Gasteiger partial charge in [0, 0.05) is 0 Å². The molecule has 0 aliphatic carbocycles. The van der Waals surface area contributed by atoms with Gasteiger partial charge in [-0.3, -0.25) is 0 Å². The summed E-state index contributed by atoms with van der Waals surface area (Å²) >= 11 is 0. The normalized spacial score (nSPS) is 11.3. The third-order valence-corrected chi connectivity index (χ3v) is 5.34. The Kier molecular flexibility index (Phi) is 6.48. The highest BCUT2D eigenvalue weighted by Gasteiger charge is 2.18. The van der Waals surface area contributed by atoms with E-state index in [1.807, 2.05) is 6.07 Å². The Morgan fingerprint density at radius 2 is 1.70 bits per heavy atom. The fourth-order valence-electron chi connectivity index (χ4n) is 2.58. The molecule has 0 saturated heterocycles. The number of ether oxygens (including phenoxy) is 2. The van der Waals surface area contributed by atoms with Crippen molar-refractivity contribution in [3.8, 4) is 11.5 Å². The summed E-state index contributed by atoms with van der Waals surface area (Å²) in [7, 11) is -2.49. The predicted octanol–water partition coefficient (Wildman–Crippen LogP) is 3.54. The first-order chi connectivity index (χ1) is 14.4. The standard InChI is InChI=1S/C22H20N2O5S/c1-16-8-13-20(28-2)21(14-16)30(26,27)24-23-15-17-9-11-19(12-10-17)29-22(25)18-6-4-3-5-7-18/h3-15,24H,1-2H3/b23-15+. The van der Waals surface area contributed by atoms with Crippen LogP contribution in [0.2, 0.25) is 0 Å². The van der Waals surface area contributed by atoms with Crippen LogP contribution in [0.4, 0.5) is 0 Å². The number of benzene rings is 3. The molecular weight excluding hydrogens is 404 g/mol. The Bertz CT molecular complexity index is 1160. The summed E-state index contributed by atoms with van der Waals surface area (Å²) in [6, 6.07) is 20.0. The first-order valence-electron chi connectivity index (χ1n) is 8.96. The first kappa shape index (κ1) is 21.1. The number of hydrogen-bond acceptors (Lipinski definition) is 6. The predicted molar refractivity (Wildman–Crippen MR) is 113 cm³/mol. The van der Waals surface area contributed by atoms with E-state index < -0.39 is 16.0 Å². The second-order valence-electron chi connectivity index (χ2n) is 6.33. The molecule has 0 amide bonds. The summed E-state index contributed by atoms with van der Waals surface area (Å²) in [4.78, 5) is 14.2. The highest BCUT2D eigenvalue weighted by atomic mass is 32.2. The molecule has 1 N–H and O–H groups in total. The fourth-order valence-corrected chi connectivity index (χ4v) is 3.62. The Morgan fingerprint density at radius 3 is 2.37 bits per heavy atom. The maximum atomic E-state index is 12.5. The Labute approximate surface area is 175 Å². The van der Waals surface area contributed by atoms with Gasteiger partial charge in [0.2, 0.25) is 0 Å². The van der Waals surface area contributed by atoms with Crippen LogP contribution in [0, 0.1) is 6.92 Å². The van der Waals surface area contributed by atoms with Crippen molar-refractivity contribution in [1.29, 1.82) is 0 Å². The van der Waals surface area contributed by atoms with Crippen molar-refractivity contribution in [2.45, 2.75) is 11.8 Å². The van der Waals surface area contributed by atoms with Crippen molar-refractivity contribution in [3.63, 3.8) is 0 Å². The maximum Gasteiger partial charge on any atom is 0.343 e. The van der Waals surface area contributed by atoms with Crippen LogP contribution in [0.1, 0.15) is 21.5 Å². The van der Waals surface area contributed by atoms with Gasteiger partial charge in [0.05, 0.1) is 18.9 Å². The van der Waals surface area contributed by atoms with Gasteiger partial charge < -0.3 is 9.47 Å². The lowest BCUT2D eigenvalue weighted by Crippen LogP contribution is -2.19. The lowest BCUT2D eigenvalue weighted by molar-refractivity contribution is 0.0734. The van der Waals surface area contributed by atoms with Crippen molar-refractivity contribution in [2.75, 3.05) is 7.11 Å². The van der Waals surface area contributed by atoms with Gasteiger partial charge in [0.1, 0.15) is 16.4 Å². The largest absolute Gasteiger partial charge is 0.495 e. The minimum absolute atomic E-state index is 0.00493. The molecule has 3 rings (SSSR count). The van der Waals surface area contributed by atoms with Crippen molar-refractivity contribution < 1.29 is 22.7 Å². The summed E-state index contributed by atoms with van der Waals surface area (Å²) in [6.45, 7) is 1.79.